The van der Waals surface area contributed by atoms with Crippen molar-refractivity contribution in [3.8, 4) is 0 Å². The molecular formula is C12H18Cl2N2O. The smallest absolute Gasteiger partial charge is 0.120 e. The first-order valence-corrected chi connectivity index (χ1v) is 6.27. The summed E-state index contributed by atoms with van der Waals surface area (Å²) in [5, 5.41) is 13.9. The fourth-order valence-corrected chi connectivity index (χ4v) is 1.98. The minimum atomic E-state index is -0.0355. The Balaban J connectivity index is 2.79. The SMILES string of the molecule is C=C(/C(O)=C\C(Cl)=C(/C)Cl)[C@@H]1CCNC[C@@H]1N. The molecule has 2 atom stereocenters. The van der Waals surface area contributed by atoms with Crippen LogP contribution < -0.4 is 11.1 Å². The number of rotatable bonds is 3. The molecule has 17 heavy (non-hydrogen) atoms. The highest BCUT2D eigenvalue weighted by atomic mass is 35.5. The van der Waals surface area contributed by atoms with Gasteiger partial charge in [-0.2, -0.15) is 0 Å². The van der Waals surface area contributed by atoms with Crippen LogP contribution in [0, 0.1) is 5.92 Å². The second kappa shape index (κ2) is 6.45. The summed E-state index contributed by atoms with van der Waals surface area (Å²) < 4.78 is 0. The molecule has 5 heteroatoms. The fourth-order valence-electron chi connectivity index (χ4n) is 1.82. The topological polar surface area (TPSA) is 58.3 Å². The number of allylic oxidation sites excluding steroid dienone is 4. The van der Waals surface area contributed by atoms with E-state index in [0.29, 0.717) is 15.6 Å². The molecule has 0 amide bonds. The molecule has 1 aliphatic rings. The van der Waals surface area contributed by atoms with E-state index in [1.807, 2.05) is 0 Å². The highest BCUT2D eigenvalue weighted by molar-refractivity contribution is 6.40. The van der Waals surface area contributed by atoms with Gasteiger partial charge in [0.1, 0.15) is 5.76 Å². The number of hydrogen-bond acceptors (Lipinski definition) is 3. The lowest BCUT2D eigenvalue weighted by Gasteiger charge is -2.30. The normalized spacial score (nSPS) is 27.6. The lowest BCUT2D eigenvalue weighted by atomic mass is 9.86. The van der Waals surface area contributed by atoms with Crippen molar-refractivity contribution in [2.45, 2.75) is 19.4 Å². The monoisotopic (exact) mass is 276 g/mol. The molecule has 1 heterocycles. The van der Waals surface area contributed by atoms with E-state index in [-0.39, 0.29) is 17.7 Å². The molecule has 1 saturated heterocycles. The summed E-state index contributed by atoms with van der Waals surface area (Å²) in [7, 11) is 0. The molecule has 0 spiro atoms. The second-order valence-electron chi connectivity index (χ2n) is 4.20. The number of aliphatic hydroxyl groups is 1. The molecule has 0 radical (unpaired) electrons. The maximum absolute atomic E-state index is 9.92. The first-order chi connectivity index (χ1) is 7.93. The summed E-state index contributed by atoms with van der Waals surface area (Å²) >= 11 is 11.6. The van der Waals surface area contributed by atoms with E-state index in [4.69, 9.17) is 28.9 Å². The van der Waals surface area contributed by atoms with Gasteiger partial charge >= 0.3 is 0 Å². The van der Waals surface area contributed by atoms with Crippen LogP contribution in [0.5, 0.6) is 0 Å². The highest BCUT2D eigenvalue weighted by Crippen LogP contribution is 2.26. The molecule has 0 aromatic heterocycles. The van der Waals surface area contributed by atoms with Crippen molar-refractivity contribution in [3.63, 3.8) is 0 Å². The molecule has 4 N–H and O–H groups in total. The van der Waals surface area contributed by atoms with Gasteiger partial charge in [0.2, 0.25) is 0 Å². The van der Waals surface area contributed by atoms with E-state index >= 15 is 0 Å². The predicted octanol–water partition coefficient (Wildman–Crippen LogP) is 2.63. The van der Waals surface area contributed by atoms with Crippen molar-refractivity contribution in [2.75, 3.05) is 13.1 Å². The zero-order valence-corrected chi connectivity index (χ0v) is 11.4. The van der Waals surface area contributed by atoms with Gasteiger partial charge in [0.15, 0.2) is 0 Å². The van der Waals surface area contributed by atoms with Crippen LogP contribution >= 0.6 is 23.2 Å². The Morgan fingerprint density at radius 3 is 2.71 bits per heavy atom. The maximum Gasteiger partial charge on any atom is 0.120 e. The van der Waals surface area contributed by atoms with Crippen LogP contribution in [0.25, 0.3) is 0 Å². The van der Waals surface area contributed by atoms with Crippen LogP contribution in [-0.4, -0.2) is 24.2 Å². The van der Waals surface area contributed by atoms with Crippen LogP contribution in [0.4, 0.5) is 0 Å². The zero-order valence-electron chi connectivity index (χ0n) is 9.84. The van der Waals surface area contributed by atoms with Crippen LogP contribution in [0.15, 0.2) is 34.1 Å². The van der Waals surface area contributed by atoms with E-state index in [9.17, 15) is 5.11 Å². The molecule has 1 fully saturated rings. The van der Waals surface area contributed by atoms with Gasteiger partial charge in [-0.1, -0.05) is 29.8 Å². The molecule has 0 aliphatic carbocycles. The zero-order chi connectivity index (χ0) is 13.0. The molecular weight excluding hydrogens is 259 g/mol. The van der Waals surface area contributed by atoms with Crippen molar-refractivity contribution in [1.29, 1.82) is 0 Å². The van der Waals surface area contributed by atoms with Gasteiger partial charge in [0, 0.05) is 23.5 Å². The third-order valence-electron chi connectivity index (χ3n) is 2.90. The van der Waals surface area contributed by atoms with Gasteiger partial charge < -0.3 is 16.2 Å². The Morgan fingerprint density at radius 2 is 2.18 bits per heavy atom. The molecule has 1 aliphatic heterocycles. The lowest BCUT2D eigenvalue weighted by Crippen LogP contribution is -2.46. The number of piperidine rings is 1. The van der Waals surface area contributed by atoms with E-state index in [1.54, 1.807) is 6.92 Å². The summed E-state index contributed by atoms with van der Waals surface area (Å²) in [6.07, 6.45) is 2.28. The van der Waals surface area contributed by atoms with Crippen molar-refractivity contribution in [3.05, 3.63) is 34.1 Å². The lowest BCUT2D eigenvalue weighted by molar-refractivity contribution is 0.336. The Labute approximate surface area is 112 Å². The van der Waals surface area contributed by atoms with Crippen LogP contribution in [-0.2, 0) is 0 Å². The molecule has 0 aromatic rings. The molecule has 96 valence electrons. The van der Waals surface area contributed by atoms with Gasteiger partial charge in [-0.05, 0) is 31.5 Å². The standard InChI is InChI=1S/C12H18Cl2N2O/c1-7(9-3-4-16-6-11(9)15)12(17)5-10(14)8(2)13/h5,9,11,16-17H,1,3-4,6,15H2,2H3/b10-8-,12-5+/t9-,11-/m0/s1. The molecule has 1 rings (SSSR count). The van der Waals surface area contributed by atoms with E-state index < -0.39 is 0 Å². The first kappa shape index (κ1) is 14.6. The van der Waals surface area contributed by atoms with Crippen molar-refractivity contribution in [1.82, 2.24) is 5.32 Å². The summed E-state index contributed by atoms with van der Waals surface area (Å²) in [4.78, 5) is 0. The van der Waals surface area contributed by atoms with Gasteiger partial charge in [-0.15, -0.1) is 0 Å². The quantitative estimate of drug-likeness (QED) is 0.549. The van der Waals surface area contributed by atoms with Crippen molar-refractivity contribution >= 4 is 23.2 Å². The Morgan fingerprint density at radius 1 is 1.53 bits per heavy atom. The number of halogens is 2. The predicted molar refractivity (Wildman–Crippen MR) is 73.2 cm³/mol. The van der Waals surface area contributed by atoms with Crippen LogP contribution in [0.2, 0.25) is 0 Å². The van der Waals surface area contributed by atoms with Gasteiger partial charge in [0.25, 0.3) is 0 Å². The van der Waals surface area contributed by atoms with E-state index in [1.165, 1.54) is 6.08 Å². The number of hydrogen-bond donors (Lipinski definition) is 3. The van der Waals surface area contributed by atoms with Gasteiger partial charge in [-0.25, -0.2) is 0 Å². The number of aliphatic hydroxyl groups excluding tert-OH is 1. The van der Waals surface area contributed by atoms with Crippen LogP contribution in [0.3, 0.4) is 0 Å². The average Bonchev–Trinajstić information content (AvgIpc) is 2.28. The van der Waals surface area contributed by atoms with Crippen molar-refractivity contribution < 1.29 is 5.11 Å². The molecule has 0 unspecified atom stereocenters. The molecule has 0 bridgehead atoms. The highest BCUT2D eigenvalue weighted by Gasteiger charge is 2.25. The summed E-state index contributed by atoms with van der Waals surface area (Å²) in [6, 6.07) is -0.0355. The molecule has 3 nitrogen and oxygen atoms in total. The van der Waals surface area contributed by atoms with Crippen LogP contribution in [0.1, 0.15) is 13.3 Å². The summed E-state index contributed by atoms with van der Waals surface area (Å²) in [5.41, 5.74) is 6.60. The minimum Gasteiger partial charge on any atom is -0.508 e. The Kier molecular flexibility index (Phi) is 5.53. The summed E-state index contributed by atoms with van der Waals surface area (Å²) in [6.45, 7) is 7.16. The fraction of sp³-hybridized carbons (Fsp3) is 0.500. The molecule has 0 aromatic carbocycles. The third kappa shape index (κ3) is 4.03. The second-order valence-corrected chi connectivity index (χ2v) is 5.17. The summed E-state index contributed by atoms with van der Waals surface area (Å²) in [5.74, 6) is 0.130. The Bertz CT molecular complexity index is 360. The van der Waals surface area contributed by atoms with Crippen molar-refractivity contribution in [2.24, 2.45) is 11.7 Å². The Hall–Kier alpha value is -0.480. The first-order valence-electron chi connectivity index (χ1n) is 5.51. The maximum atomic E-state index is 9.92. The number of nitrogens with one attached hydrogen (secondary N) is 1. The molecule has 0 saturated carbocycles. The van der Waals surface area contributed by atoms with E-state index in [2.05, 4.69) is 11.9 Å². The largest absolute Gasteiger partial charge is 0.508 e. The van der Waals surface area contributed by atoms with Gasteiger partial charge in [-0.3, -0.25) is 0 Å². The minimum absolute atomic E-state index is 0.0355. The van der Waals surface area contributed by atoms with E-state index in [0.717, 1.165) is 19.5 Å². The van der Waals surface area contributed by atoms with Gasteiger partial charge in [0.05, 0.1) is 5.03 Å². The average molecular weight is 277 g/mol. The number of nitrogens with two attached hydrogens (primary N) is 1. The third-order valence-corrected chi connectivity index (χ3v) is 3.59.